The first-order chi connectivity index (χ1) is 10.7. The lowest BCUT2D eigenvalue weighted by atomic mass is 10.1. The molecule has 2 heterocycles. The second-order valence-electron chi connectivity index (χ2n) is 5.76. The van der Waals surface area contributed by atoms with Crippen molar-refractivity contribution in [2.75, 3.05) is 0 Å². The Balaban J connectivity index is 1.53. The van der Waals surface area contributed by atoms with Gasteiger partial charge in [0.2, 0.25) is 5.91 Å². The summed E-state index contributed by atoms with van der Waals surface area (Å²) in [6, 6.07) is 6.01. The zero-order valence-corrected chi connectivity index (χ0v) is 12.6. The first-order valence-corrected chi connectivity index (χ1v) is 7.66. The summed E-state index contributed by atoms with van der Waals surface area (Å²) in [5, 5.41) is 14.1. The van der Waals surface area contributed by atoms with Crippen LogP contribution in [0.15, 0.2) is 24.5 Å². The molecule has 1 N–H and O–H groups in total. The Hall–Kier alpha value is -2.31. The summed E-state index contributed by atoms with van der Waals surface area (Å²) in [4.78, 5) is 16.7. The molecule has 7 heteroatoms. The SMILES string of the molecule is Cc1cccc(C(NC(=O)CCCn2cnnn2)C2CC2)n1. The Morgan fingerprint density at radius 3 is 3.00 bits per heavy atom. The molecule has 22 heavy (non-hydrogen) atoms. The van der Waals surface area contributed by atoms with Crippen LogP contribution in [0.5, 0.6) is 0 Å². The van der Waals surface area contributed by atoms with Gasteiger partial charge in [-0.25, -0.2) is 4.68 Å². The first kappa shape index (κ1) is 14.6. The van der Waals surface area contributed by atoms with Crippen molar-refractivity contribution in [1.82, 2.24) is 30.5 Å². The van der Waals surface area contributed by atoms with Gasteiger partial charge in [0.05, 0.1) is 11.7 Å². The van der Waals surface area contributed by atoms with Gasteiger partial charge in [0.15, 0.2) is 0 Å². The van der Waals surface area contributed by atoms with Crippen LogP contribution in [0.3, 0.4) is 0 Å². The number of carbonyl (C=O) groups is 1. The number of amides is 1. The maximum Gasteiger partial charge on any atom is 0.220 e. The fourth-order valence-corrected chi connectivity index (χ4v) is 2.53. The molecule has 1 unspecified atom stereocenters. The number of nitrogens with one attached hydrogen (secondary N) is 1. The van der Waals surface area contributed by atoms with Crippen LogP contribution in [0, 0.1) is 12.8 Å². The number of pyridine rings is 1. The number of hydrogen-bond donors (Lipinski definition) is 1. The highest BCUT2D eigenvalue weighted by atomic mass is 16.1. The molecule has 3 rings (SSSR count). The summed E-state index contributed by atoms with van der Waals surface area (Å²) in [5.74, 6) is 0.589. The smallest absolute Gasteiger partial charge is 0.220 e. The second kappa shape index (κ2) is 6.64. The zero-order valence-electron chi connectivity index (χ0n) is 12.6. The molecule has 0 aromatic carbocycles. The third kappa shape index (κ3) is 3.87. The quantitative estimate of drug-likeness (QED) is 0.836. The van der Waals surface area contributed by atoms with Crippen LogP contribution in [0.25, 0.3) is 0 Å². The normalized spacial score (nSPS) is 15.5. The third-order valence-electron chi connectivity index (χ3n) is 3.82. The summed E-state index contributed by atoms with van der Waals surface area (Å²) >= 11 is 0. The van der Waals surface area contributed by atoms with E-state index in [0.717, 1.165) is 30.7 Å². The van der Waals surface area contributed by atoms with E-state index in [1.807, 2.05) is 25.1 Å². The Labute approximate surface area is 129 Å². The van der Waals surface area contributed by atoms with E-state index < -0.39 is 0 Å². The number of nitrogens with zero attached hydrogens (tertiary/aromatic N) is 5. The fourth-order valence-electron chi connectivity index (χ4n) is 2.53. The molecule has 1 saturated carbocycles. The van der Waals surface area contributed by atoms with E-state index in [9.17, 15) is 4.79 Å². The van der Waals surface area contributed by atoms with Gasteiger partial charge in [-0.05, 0) is 54.7 Å². The molecule has 1 fully saturated rings. The number of aryl methyl sites for hydroxylation is 2. The van der Waals surface area contributed by atoms with Crippen molar-refractivity contribution in [2.45, 2.75) is 45.2 Å². The van der Waals surface area contributed by atoms with Gasteiger partial charge in [-0.3, -0.25) is 9.78 Å². The minimum atomic E-state index is 0.0421. The maximum absolute atomic E-state index is 12.2. The van der Waals surface area contributed by atoms with Gasteiger partial charge >= 0.3 is 0 Å². The number of rotatable bonds is 7. The number of hydrogen-bond acceptors (Lipinski definition) is 5. The molecule has 2 aromatic rings. The Kier molecular flexibility index (Phi) is 4.41. The van der Waals surface area contributed by atoms with Gasteiger partial charge in [-0.15, -0.1) is 5.10 Å². The molecule has 0 radical (unpaired) electrons. The summed E-state index contributed by atoms with van der Waals surface area (Å²) < 4.78 is 1.63. The molecule has 1 amide bonds. The van der Waals surface area contributed by atoms with Crippen molar-refractivity contribution in [3.8, 4) is 0 Å². The molecular formula is C15H20N6O. The van der Waals surface area contributed by atoms with Gasteiger partial charge in [-0.1, -0.05) is 6.07 Å². The van der Waals surface area contributed by atoms with Crippen LogP contribution >= 0.6 is 0 Å². The molecule has 1 aliphatic carbocycles. The molecular weight excluding hydrogens is 280 g/mol. The monoisotopic (exact) mass is 300 g/mol. The molecule has 2 aromatic heterocycles. The predicted octanol–water partition coefficient (Wildman–Crippen LogP) is 1.42. The van der Waals surface area contributed by atoms with Gasteiger partial charge < -0.3 is 5.32 Å². The van der Waals surface area contributed by atoms with Crippen LogP contribution in [0.4, 0.5) is 0 Å². The molecule has 0 bridgehead atoms. The minimum absolute atomic E-state index is 0.0421. The van der Waals surface area contributed by atoms with E-state index in [1.54, 1.807) is 11.0 Å². The van der Waals surface area contributed by atoms with Crippen molar-refractivity contribution >= 4 is 5.91 Å². The maximum atomic E-state index is 12.2. The Bertz CT molecular complexity index is 623. The molecule has 7 nitrogen and oxygen atoms in total. The standard InChI is InChI=1S/C15H20N6O/c1-11-4-2-5-13(17-11)15(12-7-8-12)18-14(22)6-3-9-21-10-16-19-20-21/h2,4-5,10,12,15H,3,6-9H2,1H3,(H,18,22). The van der Waals surface area contributed by atoms with Gasteiger partial charge in [0.1, 0.15) is 6.33 Å². The van der Waals surface area contributed by atoms with E-state index in [0.29, 0.717) is 18.9 Å². The average molecular weight is 300 g/mol. The van der Waals surface area contributed by atoms with E-state index in [-0.39, 0.29) is 11.9 Å². The van der Waals surface area contributed by atoms with Crippen molar-refractivity contribution in [3.05, 3.63) is 35.9 Å². The van der Waals surface area contributed by atoms with Crippen LogP contribution in [0.1, 0.15) is 43.1 Å². The third-order valence-corrected chi connectivity index (χ3v) is 3.82. The van der Waals surface area contributed by atoms with E-state index >= 15 is 0 Å². The lowest BCUT2D eigenvalue weighted by molar-refractivity contribution is -0.122. The van der Waals surface area contributed by atoms with Gasteiger partial charge in [0, 0.05) is 18.7 Å². The lowest BCUT2D eigenvalue weighted by Gasteiger charge is -2.18. The zero-order chi connectivity index (χ0) is 15.4. The summed E-state index contributed by atoms with van der Waals surface area (Å²) in [6.07, 6.45) is 5.06. The van der Waals surface area contributed by atoms with E-state index in [2.05, 4.69) is 25.8 Å². The molecule has 0 aliphatic heterocycles. The second-order valence-corrected chi connectivity index (χ2v) is 5.76. The van der Waals surface area contributed by atoms with Crippen molar-refractivity contribution in [1.29, 1.82) is 0 Å². The summed E-state index contributed by atoms with van der Waals surface area (Å²) in [7, 11) is 0. The fraction of sp³-hybridized carbons (Fsp3) is 0.533. The minimum Gasteiger partial charge on any atom is -0.347 e. The number of tetrazole rings is 1. The molecule has 1 atom stereocenters. The molecule has 0 spiro atoms. The van der Waals surface area contributed by atoms with Crippen molar-refractivity contribution in [2.24, 2.45) is 5.92 Å². The number of carbonyl (C=O) groups excluding carboxylic acids is 1. The molecule has 1 aliphatic rings. The highest BCUT2D eigenvalue weighted by Crippen LogP contribution is 2.40. The van der Waals surface area contributed by atoms with Crippen molar-refractivity contribution < 1.29 is 4.79 Å². The average Bonchev–Trinajstić information content (AvgIpc) is 3.21. The van der Waals surface area contributed by atoms with Crippen LogP contribution < -0.4 is 5.32 Å². The predicted molar refractivity (Wildman–Crippen MR) is 79.6 cm³/mol. The lowest BCUT2D eigenvalue weighted by Crippen LogP contribution is -2.30. The summed E-state index contributed by atoms with van der Waals surface area (Å²) in [6.45, 7) is 2.62. The number of aromatic nitrogens is 5. The molecule has 116 valence electrons. The topological polar surface area (TPSA) is 85.6 Å². The van der Waals surface area contributed by atoms with Crippen LogP contribution in [0.2, 0.25) is 0 Å². The largest absolute Gasteiger partial charge is 0.347 e. The Morgan fingerprint density at radius 2 is 2.32 bits per heavy atom. The van der Waals surface area contributed by atoms with Gasteiger partial charge in [-0.2, -0.15) is 0 Å². The first-order valence-electron chi connectivity index (χ1n) is 7.66. The highest BCUT2D eigenvalue weighted by molar-refractivity contribution is 5.76. The van der Waals surface area contributed by atoms with Crippen LogP contribution in [-0.4, -0.2) is 31.1 Å². The highest BCUT2D eigenvalue weighted by Gasteiger charge is 2.34. The van der Waals surface area contributed by atoms with Crippen LogP contribution in [-0.2, 0) is 11.3 Å². The van der Waals surface area contributed by atoms with Gasteiger partial charge in [0.25, 0.3) is 0 Å². The summed E-state index contributed by atoms with van der Waals surface area (Å²) in [5.41, 5.74) is 1.95. The molecule has 0 saturated heterocycles. The van der Waals surface area contributed by atoms with Crippen molar-refractivity contribution in [3.63, 3.8) is 0 Å². The van der Waals surface area contributed by atoms with E-state index in [4.69, 9.17) is 0 Å². The van der Waals surface area contributed by atoms with E-state index in [1.165, 1.54) is 0 Å². The Morgan fingerprint density at radius 1 is 1.45 bits per heavy atom.